The highest BCUT2D eigenvalue weighted by Gasteiger charge is 2.14. The summed E-state index contributed by atoms with van der Waals surface area (Å²) >= 11 is 3.51. The first-order chi connectivity index (χ1) is 4.33. The largest absolute Gasteiger partial charge is 0.306 e. The predicted octanol–water partition coefficient (Wildman–Crippen LogP) is 1.72. The van der Waals surface area contributed by atoms with Gasteiger partial charge >= 0.3 is 0 Å². The smallest absolute Gasteiger partial charge is 0.00606 e. The average Bonchev–Trinajstić information content (AvgIpc) is 1.90. The Kier molecular flexibility index (Phi) is 2.99. The zero-order chi connectivity index (χ0) is 6.69. The second kappa shape index (κ2) is 3.57. The first-order valence-electron chi connectivity index (χ1n) is 3.57. The van der Waals surface area contributed by atoms with E-state index < -0.39 is 0 Å². The van der Waals surface area contributed by atoms with Crippen molar-refractivity contribution in [1.82, 2.24) is 4.90 Å². The number of rotatable bonds is 1. The van der Waals surface area contributed by atoms with Crippen LogP contribution in [0.4, 0.5) is 0 Å². The van der Waals surface area contributed by atoms with E-state index in [4.69, 9.17) is 0 Å². The van der Waals surface area contributed by atoms with Crippen LogP contribution in [0.5, 0.6) is 0 Å². The van der Waals surface area contributed by atoms with Gasteiger partial charge in [0.05, 0.1) is 0 Å². The highest BCUT2D eigenvalue weighted by atomic mass is 79.9. The Labute approximate surface area is 65.6 Å². The summed E-state index contributed by atoms with van der Waals surface area (Å²) in [4.78, 5) is 2.40. The summed E-state index contributed by atoms with van der Waals surface area (Å²) in [5, 5.41) is 1.20. The quantitative estimate of drug-likeness (QED) is 0.572. The van der Waals surface area contributed by atoms with E-state index in [1.54, 1.807) is 0 Å². The lowest BCUT2D eigenvalue weighted by Crippen LogP contribution is -2.30. The van der Waals surface area contributed by atoms with Gasteiger partial charge in [0, 0.05) is 5.33 Å². The summed E-state index contributed by atoms with van der Waals surface area (Å²) in [5.74, 6) is 0.946. The number of likely N-dealkylation sites (tertiary alicyclic amines) is 1. The van der Waals surface area contributed by atoms with Gasteiger partial charge in [-0.05, 0) is 38.9 Å². The van der Waals surface area contributed by atoms with Gasteiger partial charge in [0.15, 0.2) is 0 Å². The van der Waals surface area contributed by atoms with Crippen molar-refractivity contribution in [2.75, 3.05) is 25.5 Å². The number of piperidine rings is 1. The van der Waals surface area contributed by atoms with Crippen LogP contribution in [0.15, 0.2) is 0 Å². The van der Waals surface area contributed by atoms with Crippen LogP contribution in [0.1, 0.15) is 12.8 Å². The molecule has 0 aromatic carbocycles. The molecule has 0 amide bonds. The number of alkyl halides is 1. The van der Waals surface area contributed by atoms with Gasteiger partial charge in [-0.25, -0.2) is 0 Å². The molecule has 1 heterocycles. The van der Waals surface area contributed by atoms with E-state index in [0.29, 0.717) is 0 Å². The lowest BCUT2D eigenvalue weighted by atomic mass is 10.00. The van der Waals surface area contributed by atoms with Gasteiger partial charge in [-0.1, -0.05) is 15.9 Å². The van der Waals surface area contributed by atoms with Gasteiger partial charge in [-0.3, -0.25) is 0 Å². The molecule has 1 aliphatic rings. The van der Waals surface area contributed by atoms with Gasteiger partial charge in [0.1, 0.15) is 0 Å². The van der Waals surface area contributed by atoms with Gasteiger partial charge in [0.2, 0.25) is 0 Å². The number of halogens is 1. The molecule has 0 N–H and O–H groups in total. The standard InChI is InChI=1S/C7H14BrN/c1-9-4-2-7(6-8)3-5-9/h7H,2-6H2,1H3. The Morgan fingerprint density at radius 3 is 2.44 bits per heavy atom. The third-order valence-electron chi connectivity index (χ3n) is 2.06. The molecule has 0 aliphatic carbocycles. The molecule has 1 nitrogen and oxygen atoms in total. The van der Waals surface area contributed by atoms with E-state index >= 15 is 0 Å². The zero-order valence-corrected chi connectivity index (χ0v) is 7.52. The molecule has 54 valence electrons. The molecular formula is C7H14BrN. The van der Waals surface area contributed by atoms with E-state index in [-0.39, 0.29) is 0 Å². The van der Waals surface area contributed by atoms with Crippen LogP contribution in [0.2, 0.25) is 0 Å². The highest BCUT2D eigenvalue weighted by molar-refractivity contribution is 9.09. The summed E-state index contributed by atoms with van der Waals surface area (Å²) in [7, 11) is 2.20. The number of hydrogen-bond donors (Lipinski definition) is 0. The minimum Gasteiger partial charge on any atom is -0.306 e. The Bertz CT molecular complexity index is 77.0. The molecule has 0 bridgehead atoms. The highest BCUT2D eigenvalue weighted by Crippen LogP contribution is 2.17. The fourth-order valence-corrected chi connectivity index (χ4v) is 1.86. The predicted molar refractivity (Wildman–Crippen MR) is 44.0 cm³/mol. The Morgan fingerprint density at radius 2 is 2.00 bits per heavy atom. The summed E-state index contributed by atoms with van der Waals surface area (Å²) in [5.41, 5.74) is 0. The second-order valence-corrected chi connectivity index (χ2v) is 3.55. The van der Waals surface area contributed by atoms with Crippen LogP contribution in [-0.4, -0.2) is 30.4 Å². The van der Waals surface area contributed by atoms with Crippen molar-refractivity contribution in [3.8, 4) is 0 Å². The maximum atomic E-state index is 3.51. The SMILES string of the molecule is CN1CCC(CBr)CC1. The van der Waals surface area contributed by atoms with Gasteiger partial charge in [0.25, 0.3) is 0 Å². The van der Waals surface area contributed by atoms with E-state index in [1.165, 1.54) is 31.3 Å². The fourth-order valence-electron chi connectivity index (χ4n) is 1.22. The third-order valence-corrected chi connectivity index (χ3v) is 2.97. The topological polar surface area (TPSA) is 3.24 Å². The van der Waals surface area contributed by atoms with Crippen molar-refractivity contribution >= 4 is 15.9 Å². The first kappa shape index (κ1) is 7.55. The van der Waals surface area contributed by atoms with Gasteiger partial charge in [-0.2, -0.15) is 0 Å². The number of nitrogens with zero attached hydrogens (tertiary/aromatic N) is 1. The molecule has 1 fully saturated rings. The summed E-state index contributed by atoms with van der Waals surface area (Å²) in [6.45, 7) is 2.58. The van der Waals surface area contributed by atoms with Crippen molar-refractivity contribution in [2.45, 2.75) is 12.8 Å². The molecule has 1 aliphatic heterocycles. The first-order valence-corrected chi connectivity index (χ1v) is 4.69. The molecule has 1 saturated heterocycles. The number of hydrogen-bond acceptors (Lipinski definition) is 1. The molecule has 0 aromatic heterocycles. The molecule has 9 heavy (non-hydrogen) atoms. The molecular weight excluding hydrogens is 178 g/mol. The summed E-state index contributed by atoms with van der Waals surface area (Å²) in [6.07, 6.45) is 2.75. The molecule has 0 atom stereocenters. The van der Waals surface area contributed by atoms with Crippen molar-refractivity contribution in [2.24, 2.45) is 5.92 Å². The van der Waals surface area contributed by atoms with Crippen molar-refractivity contribution in [3.05, 3.63) is 0 Å². The lowest BCUT2D eigenvalue weighted by molar-refractivity contribution is 0.233. The lowest BCUT2D eigenvalue weighted by Gasteiger charge is -2.27. The Balaban J connectivity index is 2.18. The molecule has 0 saturated carbocycles. The van der Waals surface area contributed by atoms with Crippen LogP contribution < -0.4 is 0 Å². The van der Waals surface area contributed by atoms with Crippen LogP contribution >= 0.6 is 15.9 Å². The van der Waals surface area contributed by atoms with Crippen molar-refractivity contribution in [3.63, 3.8) is 0 Å². The van der Waals surface area contributed by atoms with Gasteiger partial charge in [-0.15, -0.1) is 0 Å². The van der Waals surface area contributed by atoms with Gasteiger partial charge < -0.3 is 4.90 Å². The van der Waals surface area contributed by atoms with Crippen molar-refractivity contribution < 1.29 is 0 Å². The van der Waals surface area contributed by atoms with Crippen LogP contribution in [0, 0.1) is 5.92 Å². The fraction of sp³-hybridized carbons (Fsp3) is 1.00. The maximum Gasteiger partial charge on any atom is 0.00606 e. The molecule has 1 rings (SSSR count). The Hall–Kier alpha value is 0.440. The van der Waals surface area contributed by atoms with Crippen LogP contribution in [0.3, 0.4) is 0 Å². The van der Waals surface area contributed by atoms with Crippen LogP contribution in [-0.2, 0) is 0 Å². The summed E-state index contributed by atoms with van der Waals surface area (Å²) < 4.78 is 0. The molecule has 2 heteroatoms. The average molecular weight is 192 g/mol. The van der Waals surface area contributed by atoms with E-state index in [0.717, 1.165) is 5.92 Å². The summed E-state index contributed by atoms with van der Waals surface area (Å²) in [6, 6.07) is 0. The Morgan fingerprint density at radius 1 is 1.44 bits per heavy atom. The third kappa shape index (κ3) is 2.26. The van der Waals surface area contributed by atoms with Crippen molar-refractivity contribution in [1.29, 1.82) is 0 Å². The van der Waals surface area contributed by atoms with E-state index in [2.05, 4.69) is 27.9 Å². The molecule has 0 spiro atoms. The monoisotopic (exact) mass is 191 g/mol. The van der Waals surface area contributed by atoms with E-state index in [1.807, 2.05) is 0 Å². The van der Waals surface area contributed by atoms with Crippen LogP contribution in [0.25, 0.3) is 0 Å². The molecule has 0 aromatic rings. The normalized spacial score (nSPS) is 24.7. The second-order valence-electron chi connectivity index (χ2n) is 2.90. The molecule has 0 radical (unpaired) electrons. The minimum atomic E-state index is 0.946. The zero-order valence-electron chi connectivity index (χ0n) is 5.94. The minimum absolute atomic E-state index is 0.946. The molecule has 0 unspecified atom stereocenters. The maximum absolute atomic E-state index is 3.51. The van der Waals surface area contributed by atoms with E-state index in [9.17, 15) is 0 Å².